The Labute approximate surface area is 112 Å². The molecule has 3 aromatic rings. The van der Waals surface area contributed by atoms with Crippen LogP contribution < -0.4 is 4.74 Å². The number of esters is 1. The third-order valence-corrected chi connectivity index (χ3v) is 2.65. The molecule has 1 aromatic carbocycles. The third-order valence-electron chi connectivity index (χ3n) is 2.44. The minimum absolute atomic E-state index is 0.290. The molecule has 0 unspecified atom stereocenters. The largest absolute Gasteiger partial charge is 0.421 e. The standard InChI is InChI=1S/C12H7ClN4O2/c13-8-4-9(6-14-5-8)19-12(18)7-1-2-10-11(3-7)16-17-15-10/h1-6H,(H,15,16,17). The summed E-state index contributed by atoms with van der Waals surface area (Å²) in [6.45, 7) is 0. The molecular formula is C12H7ClN4O2. The van der Waals surface area contributed by atoms with Gasteiger partial charge in [0.05, 0.1) is 16.8 Å². The zero-order valence-corrected chi connectivity index (χ0v) is 10.3. The van der Waals surface area contributed by atoms with Gasteiger partial charge in [0, 0.05) is 12.3 Å². The van der Waals surface area contributed by atoms with E-state index in [1.54, 1.807) is 18.2 Å². The molecule has 1 N–H and O–H groups in total. The molecule has 2 aromatic heterocycles. The van der Waals surface area contributed by atoms with Crippen LogP contribution in [0.25, 0.3) is 11.0 Å². The number of hydrogen-bond acceptors (Lipinski definition) is 5. The van der Waals surface area contributed by atoms with Gasteiger partial charge in [-0.25, -0.2) is 4.79 Å². The van der Waals surface area contributed by atoms with E-state index in [2.05, 4.69) is 20.4 Å². The first-order chi connectivity index (χ1) is 9.22. The van der Waals surface area contributed by atoms with Crippen LogP contribution >= 0.6 is 11.6 Å². The first kappa shape index (κ1) is 11.6. The summed E-state index contributed by atoms with van der Waals surface area (Å²) in [4.78, 5) is 15.8. The van der Waals surface area contributed by atoms with Gasteiger partial charge in [-0.15, -0.1) is 0 Å². The summed E-state index contributed by atoms with van der Waals surface area (Å²) >= 11 is 5.76. The zero-order chi connectivity index (χ0) is 13.2. The van der Waals surface area contributed by atoms with Gasteiger partial charge < -0.3 is 4.74 Å². The van der Waals surface area contributed by atoms with Crippen LogP contribution in [0, 0.1) is 0 Å². The number of benzene rings is 1. The molecule has 0 saturated carbocycles. The topological polar surface area (TPSA) is 80.8 Å². The summed E-state index contributed by atoms with van der Waals surface area (Å²) in [5, 5.41) is 10.7. The monoisotopic (exact) mass is 274 g/mol. The second-order valence-corrected chi connectivity index (χ2v) is 4.19. The van der Waals surface area contributed by atoms with Gasteiger partial charge in [0.15, 0.2) is 5.75 Å². The summed E-state index contributed by atoms with van der Waals surface area (Å²) in [6.07, 6.45) is 2.87. The lowest BCUT2D eigenvalue weighted by Gasteiger charge is -2.03. The van der Waals surface area contributed by atoms with Crippen molar-refractivity contribution >= 4 is 28.6 Å². The van der Waals surface area contributed by atoms with E-state index in [4.69, 9.17) is 16.3 Å². The lowest BCUT2D eigenvalue weighted by molar-refractivity contribution is 0.0734. The third kappa shape index (κ3) is 2.38. The second kappa shape index (κ2) is 4.66. The Morgan fingerprint density at radius 1 is 1.16 bits per heavy atom. The molecule has 7 heteroatoms. The summed E-state index contributed by atoms with van der Waals surface area (Å²) in [6, 6.07) is 6.41. The van der Waals surface area contributed by atoms with Gasteiger partial charge >= 0.3 is 5.97 Å². The molecule has 0 amide bonds. The fourth-order valence-corrected chi connectivity index (χ4v) is 1.75. The maximum atomic E-state index is 11.9. The molecule has 0 saturated heterocycles. The predicted molar refractivity (Wildman–Crippen MR) is 68.1 cm³/mol. The van der Waals surface area contributed by atoms with Gasteiger partial charge in [-0.3, -0.25) is 4.98 Å². The van der Waals surface area contributed by atoms with Gasteiger partial charge in [-0.1, -0.05) is 11.6 Å². The highest BCUT2D eigenvalue weighted by Crippen LogP contribution is 2.17. The summed E-state index contributed by atoms with van der Waals surface area (Å²) < 4.78 is 5.16. The summed E-state index contributed by atoms with van der Waals surface area (Å²) in [5.74, 6) is -0.216. The van der Waals surface area contributed by atoms with Crippen LogP contribution in [0.2, 0.25) is 5.02 Å². The number of aromatic nitrogens is 4. The normalized spacial score (nSPS) is 10.6. The number of H-pyrrole nitrogens is 1. The van der Waals surface area contributed by atoms with Gasteiger partial charge in [0.25, 0.3) is 0 Å². The van der Waals surface area contributed by atoms with Crippen molar-refractivity contribution < 1.29 is 9.53 Å². The molecule has 0 aliphatic carbocycles. The summed E-state index contributed by atoms with van der Waals surface area (Å²) in [7, 11) is 0. The van der Waals surface area contributed by atoms with E-state index in [1.165, 1.54) is 18.5 Å². The van der Waals surface area contributed by atoms with Crippen LogP contribution in [0.4, 0.5) is 0 Å². The van der Waals surface area contributed by atoms with E-state index in [9.17, 15) is 4.79 Å². The van der Waals surface area contributed by atoms with Crippen LogP contribution in [0.3, 0.4) is 0 Å². The lowest BCUT2D eigenvalue weighted by atomic mass is 10.2. The van der Waals surface area contributed by atoms with Crippen molar-refractivity contribution in [3.05, 3.63) is 47.2 Å². The maximum absolute atomic E-state index is 11.9. The number of ether oxygens (including phenoxy) is 1. The lowest BCUT2D eigenvalue weighted by Crippen LogP contribution is -2.08. The van der Waals surface area contributed by atoms with Crippen molar-refractivity contribution in [1.82, 2.24) is 20.4 Å². The van der Waals surface area contributed by atoms with E-state index in [0.29, 0.717) is 21.6 Å². The quantitative estimate of drug-likeness (QED) is 0.725. The van der Waals surface area contributed by atoms with Gasteiger partial charge in [0.2, 0.25) is 0 Å². The number of hydrogen-bond donors (Lipinski definition) is 1. The van der Waals surface area contributed by atoms with Crippen LogP contribution in [0.5, 0.6) is 5.75 Å². The Bertz CT molecular complexity index is 756. The average Bonchev–Trinajstić information content (AvgIpc) is 2.85. The van der Waals surface area contributed by atoms with Crippen molar-refractivity contribution in [2.24, 2.45) is 0 Å². The van der Waals surface area contributed by atoms with Crippen LogP contribution in [0.15, 0.2) is 36.7 Å². The van der Waals surface area contributed by atoms with Crippen molar-refractivity contribution in [3.8, 4) is 5.75 Å². The molecule has 6 nitrogen and oxygen atoms in total. The summed E-state index contributed by atoms with van der Waals surface area (Å²) in [5.41, 5.74) is 1.65. The van der Waals surface area contributed by atoms with Crippen molar-refractivity contribution in [1.29, 1.82) is 0 Å². The van der Waals surface area contributed by atoms with Crippen LogP contribution in [0.1, 0.15) is 10.4 Å². The molecule has 0 atom stereocenters. The maximum Gasteiger partial charge on any atom is 0.343 e. The Morgan fingerprint density at radius 2 is 2.00 bits per heavy atom. The van der Waals surface area contributed by atoms with E-state index < -0.39 is 5.97 Å². The number of rotatable bonds is 2. The van der Waals surface area contributed by atoms with E-state index in [1.807, 2.05) is 0 Å². The van der Waals surface area contributed by atoms with Gasteiger partial charge in [-0.2, -0.15) is 15.4 Å². The highest BCUT2D eigenvalue weighted by Gasteiger charge is 2.11. The van der Waals surface area contributed by atoms with E-state index >= 15 is 0 Å². The minimum Gasteiger partial charge on any atom is -0.421 e. The molecule has 0 spiro atoms. The molecule has 3 rings (SSSR count). The second-order valence-electron chi connectivity index (χ2n) is 3.76. The van der Waals surface area contributed by atoms with Crippen LogP contribution in [-0.2, 0) is 0 Å². The van der Waals surface area contributed by atoms with Gasteiger partial charge in [-0.05, 0) is 18.2 Å². The highest BCUT2D eigenvalue weighted by molar-refractivity contribution is 6.30. The molecule has 0 bridgehead atoms. The Kier molecular flexibility index (Phi) is 2.85. The average molecular weight is 275 g/mol. The Balaban J connectivity index is 1.87. The minimum atomic E-state index is -0.506. The van der Waals surface area contributed by atoms with Crippen molar-refractivity contribution in [3.63, 3.8) is 0 Å². The first-order valence-corrected chi connectivity index (χ1v) is 5.73. The molecule has 0 fully saturated rings. The molecule has 2 heterocycles. The number of carbonyl (C=O) groups is 1. The fraction of sp³-hybridized carbons (Fsp3) is 0. The molecule has 0 aliphatic heterocycles. The van der Waals surface area contributed by atoms with Crippen molar-refractivity contribution in [2.75, 3.05) is 0 Å². The van der Waals surface area contributed by atoms with E-state index in [0.717, 1.165) is 0 Å². The first-order valence-electron chi connectivity index (χ1n) is 5.35. The fourth-order valence-electron chi connectivity index (χ4n) is 1.58. The van der Waals surface area contributed by atoms with Crippen LogP contribution in [-0.4, -0.2) is 26.4 Å². The molecular weight excluding hydrogens is 268 g/mol. The Hall–Kier alpha value is -2.47. The number of carbonyl (C=O) groups excluding carboxylic acids is 1. The molecule has 19 heavy (non-hydrogen) atoms. The number of pyridine rings is 1. The highest BCUT2D eigenvalue weighted by atomic mass is 35.5. The SMILES string of the molecule is O=C(Oc1cncc(Cl)c1)c1ccc2n[nH]nc2c1. The number of nitrogens with zero attached hydrogens (tertiary/aromatic N) is 3. The van der Waals surface area contributed by atoms with Gasteiger partial charge in [0.1, 0.15) is 11.0 Å². The smallest absolute Gasteiger partial charge is 0.343 e. The number of fused-ring (bicyclic) bond motifs is 1. The zero-order valence-electron chi connectivity index (χ0n) is 9.50. The van der Waals surface area contributed by atoms with E-state index in [-0.39, 0.29) is 5.75 Å². The molecule has 0 aliphatic rings. The number of nitrogens with one attached hydrogen (secondary N) is 1. The predicted octanol–water partition coefficient (Wildman–Crippen LogP) is 2.23. The van der Waals surface area contributed by atoms with Crippen molar-refractivity contribution in [2.45, 2.75) is 0 Å². The molecule has 0 radical (unpaired) electrons. The molecule has 94 valence electrons. The number of aromatic amines is 1. The Morgan fingerprint density at radius 3 is 2.84 bits per heavy atom. The number of halogens is 1.